The maximum atomic E-state index is 14.0. The Morgan fingerprint density at radius 2 is 1.61 bits per heavy atom. The molecule has 1 saturated heterocycles. The molecule has 0 aliphatic carbocycles. The molecule has 0 bridgehead atoms. The summed E-state index contributed by atoms with van der Waals surface area (Å²) in [5, 5.41) is 2.33. The van der Waals surface area contributed by atoms with E-state index in [0.29, 0.717) is 21.2 Å². The number of amides is 3. The molecule has 4 aromatic rings. The number of carbonyl (C=O) groups excluding carboxylic acids is 4. The summed E-state index contributed by atoms with van der Waals surface area (Å²) in [5.41, 5.74) is 2.72. The summed E-state index contributed by atoms with van der Waals surface area (Å²) < 4.78 is 20.0. The van der Waals surface area contributed by atoms with Gasteiger partial charge in [0.05, 0.1) is 28.8 Å². The van der Waals surface area contributed by atoms with Crippen LogP contribution in [0.1, 0.15) is 33.6 Å². The van der Waals surface area contributed by atoms with Crippen molar-refractivity contribution in [2.24, 2.45) is 5.92 Å². The highest BCUT2D eigenvalue weighted by Gasteiger charge is 2.56. The lowest BCUT2D eigenvalue weighted by molar-refractivity contribution is -0.122. The van der Waals surface area contributed by atoms with Gasteiger partial charge in [-0.2, -0.15) is 0 Å². The van der Waals surface area contributed by atoms with Gasteiger partial charge in [-0.3, -0.25) is 23.7 Å². The second-order valence-electron chi connectivity index (χ2n) is 11.0. The van der Waals surface area contributed by atoms with E-state index in [1.54, 1.807) is 19.1 Å². The molecule has 10 nitrogen and oxygen atoms in total. The van der Waals surface area contributed by atoms with Crippen molar-refractivity contribution >= 4 is 63.9 Å². The number of hydrogen-bond acceptors (Lipinski definition) is 9. The summed E-state index contributed by atoms with van der Waals surface area (Å²) in [4.78, 5) is 69.6. The van der Waals surface area contributed by atoms with Gasteiger partial charge in [-0.1, -0.05) is 35.2 Å². The average molecular weight is 661 g/mol. The summed E-state index contributed by atoms with van der Waals surface area (Å²) in [6.45, 7) is 1.62. The Balaban J connectivity index is 1.34. The Bertz CT molecular complexity index is 1890. The van der Waals surface area contributed by atoms with Crippen molar-refractivity contribution in [3.8, 4) is 0 Å². The van der Waals surface area contributed by atoms with Crippen LogP contribution in [0, 0.1) is 11.7 Å². The summed E-state index contributed by atoms with van der Waals surface area (Å²) in [5.74, 6) is -3.80. The molecule has 1 N–H and O–H groups in total. The van der Waals surface area contributed by atoms with E-state index < -0.39 is 51.5 Å². The highest BCUT2D eigenvalue weighted by Crippen LogP contribution is 2.54. The van der Waals surface area contributed by atoms with E-state index in [1.165, 1.54) is 41.0 Å². The van der Waals surface area contributed by atoms with Crippen LogP contribution in [-0.4, -0.2) is 54.2 Å². The fourth-order valence-electron chi connectivity index (χ4n) is 5.69. The van der Waals surface area contributed by atoms with E-state index >= 15 is 0 Å². The maximum absolute atomic E-state index is 14.0. The number of imide groups is 1. The number of nitrogens with zero attached hydrogens (tertiary/aromatic N) is 3. The molecule has 236 valence electrons. The number of rotatable bonds is 8. The highest BCUT2D eigenvalue weighted by molar-refractivity contribution is 8.00. The largest absolute Gasteiger partial charge is 0.462 e. The molecule has 46 heavy (non-hydrogen) atoms. The summed E-state index contributed by atoms with van der Waals surface area (Å²) in [6.07, 6.45) is 0. The minimum Gasteiger partial charge on any atom is -0.462 e. The molecule has 0 radical (unpaired) electrons. The number of carbonyl (C=O) groups is 4. The Labute approximate surface area is 271 Å². The standard InChI is InChI=1S/C33H29FN4O6S2/c1-4-44-32(42)19-5-11-21(12-6-19)35-24(39)17-37-31-28(46-33(37)43)25(18-7-13-22(14-8-18)36(2)3)26-27(45-31)30(41)38(29(26)40)23-15-9-20(34)10-16-23/h5-16,25-27H,4,17H2,1-3H3,(H,35,39)/t25-,26?,27?/m1/s1. The second kappa shape index (κ2) is 12.6. The van der Waals surface area contributed by atoms with Gasteiger partial charge in [0, 0.05) is 36.3 Å². The van der Waals surface area contributed by atoms with Crippen LogP contribution in [-0.2, 0) is 25.7 Å². The van der Waals surface area contributed by atoms with Crippen LogP contribution >= 0.6 is 23.1 Å². The summed E-state index contributed by atoms with van der Waals surface area (Å²) in [6, 6.07) is 19.0. The van der Waals surface area contributed by atoms with Gasteiger partial charge in [0.1, 0.15) is 17.6 Å². The normalized spacial score (nSPS) is 18.6. The van der Waals surface area contributed by atoms with Crippen molar-refractivity contribution in [2.75, 3.05) is 35.8 Å². The number of aromatic nitrogens is 1. The van der Waals surface area contributed by atoms with Gasteiger partial charge < -0.3 is 15.0 Å². The van der Waals surface area contributed by atoms with Gasteiger partial charge in [-0.25, -0.2) is 14.1 Å². The number of thiazole rings is 1. The van der Waals surface area contributed by atoms with Gasteiger partial charge in [0.2, 0.25) is 17.7 Å². The molecule has 0 spiro atoms. The molecule has 3 atom stereocenters. The number of esters is 1. The molecule has 2 aliphatic rings. The third-order valence-corrected chi connectivity index (χ3v) is 10.5. The Morgan fingerprint density at radius 1 is 0.935 bits per heavy atom. The van der Waals surface area contributed by atoms with Crippen molar-refractivity contribution in [1.29, 1.82) is 0 Å². The SMILES string of the molecule is CCOC(=O)c1ccc(NC(=O)Cn2c3c(sc2=O)[C@H](c2ccc(N(C)C)cc2)C2C(=O)N(c4ccc(F)cc4)C(=O)C2S3)cc1. The van der Waals surface area contributed by atoms with Crippen molar-refractivity contribution in [3.63, 3.8) is 0 Å². The van der Waals surface area contributed by atoms with Crippen molar-refractivity contribution in [2.45, 2.75) is 29.7 Å². The fraction of sp³-hybridized carbons (Fsp3) is 0.242. The summed E-state index contributed by atoms with van der Waals surface area (Å²) in [7, 11) is 3.82. The fourth-order valence-corrected chi connectivity index (χ4v) is 8.46. The molecule has 3 amide bonds. The van der Waals surface area contributed by atoms with Crippen molar-refractivity contribution in [3.05, 3.63) is 104 Å². The first-order valence-corrected chi connectivity index (χ1v) is 16.1. The van der Waals surface area contributed by atoms with Gasteiger partial charge in [-0.15, -0.1) is 0 Å². The topological polar surface area (TPSA) is 118 Å². The zero-order valence-electron chi connectivity index (χ0n) is 25.1. The van der Waals surface area contributed by atoms with E-state index in [4.69, 9.17) is 4.74 Å². The second-order valence-corrected chi connectivity index (χ2v) is 13.1. The Kier molecular flexibility index (Phi) is 8.53. The third-order valence-electron chi connectivity index (χ3n) is 7.88. The number of benzene rings is 3. The van der Waals surface area contributed by atoms with Crippen molar-refractivity contribution in [1.82, 2.24) is 4.57 Å². The molecule has 2 aliphatic heterocycles. The van der Waals surface area contributed by atoms with Crippen LogP contribution in [0.25, 0.3) is 0 Å². The lowest BCUT2D eigenvalue weighted by atomic mass is 9.83. The zero-order chi connectivity index (χ0) is 32.7. The molecule has 1 fully saturated rings. The van der Waals surface area contributed by atoms with E-state index in [9.17, 15) is 28.4 Å². The minimum atomic E-state index is -0.873. The van der Waals surface area contributed by atoms with Gasteiger partial charge in [-0.05, 0) is 73.2 Å². The number of hydrogen-bond donors (Lipinski definition) is 1. The van der Waals surface area contributed by atoms with Crippen LogP contribution in [0.5, 0.6) is 0 Å². The molecule has 1 aromatic heterocycles. The zero-order valence-corrected chi connectivity index (χ0v) is 26.7. The highest BCUT2D eigenvalue weighted by atomic mass is 32.2. The number of anilines is 3. The first-order chi connectivity index (χ1) is 22.1. The van der Waals surface area contributed by atoms with Gasteiger partial charge in [0.15, 0.2) is 0 Å². The molecule has 3 aromatic carbocycles. The average Bonchev–Trinajstić information content (AvgIpc) is 3.48. The number of thioether (sulfide) groups is 1. The van der Waals surface area contributed by atoms with Crippen molar-refractivity contribution < 1.29 is 28.3 Å². The molecule has 6 rings (SSSR count). The maximum Gasteiger partial charge on any atom is 0.338 e. The first kappa shape index (κ1) is 31.2. The van der Waals surface area contributed by atoms with E-state index in [2.05, 4.69) is 5.32 Å². The Hall–Kier alpha value is -4.75. The van der Waals surface area contributed by atoms with Crippen LogP contribution in [0.4, 0.5) is 21.5 Å². The molecule has 2 unspecified atom stereocenters. The minimum absolute atomic E-state index is 0.239. The lowest BCUT2D eigenvalue weighted by Crippen LogP contribution is -2.33. The molecule has 3 heterocycles. The third kappa shape index (κ3) is 5.71. The van der Waals surface area contributed by atoms with Gasteiger partial charge >= 0.3 is 10.8 Å². The number of halogens is 1. The molecular weight excluding hydrogens is 632 g/mol. The number of fused-ring (bicyclic) bond motifs is 2. The monoisotopic (exact) mass is 660 g/mol. The van der Waals surface area contributed by atoms with Crippen LogP contribution < -0.4 is 20.0 Å². The number of nitrogens with one attached hydrogen (secondary N) is 1. The van der Waals surface area contributed by atoms with E-state index in [1.807, 2.05) is 43.3 Å². The Morgan fingerprint density at radius 3 is 2.24 bits per heavy atom. The van der Waals surface area contributed by atoms with Crippen LogP contribution in [0.2, 0.25) is 0 Å². The van der Waals surface area contributed by atoms with Crippen LogP contribution in [0.3, 0.4) is 0 Å². The number of ether oxygens (including phenoxy) is 1. The smallest absolute Gasteiger partial charge is 0.338 e. The van der Waals surface area contributed by atoms with Crippen LogP contribution in [0.15, 0.2) is 82.6 Å². The predicted octanol–water partition coefficient (Wildman–Crippen LogP) is 4.73. The molecule has 0 saturated carbocycles. The van der Waals surface area contributed by atoms with E-state index in [-0.39, 0.29) is 18.8 Å². The van der Waals surface area contributed by atoms with E-state index in [0.717, 1.165) is 39.2 Å². The predicted molar refractivity (Wildman–Crippen MR) is 174 cm³/mol. The van der Waals surface area contributed by atoms with Gasteiger partial charge in [0.25, 0.3) is 0 Å². The lowest BCUT2D eigenvalue weighted by Gasteiger charge is -2.31. The molecule has 13 heteroatoms. The summed E-state index contributed by atoms with van der Waals surface area (Å²) >= 11 is 2.05. The first-order valence-electron chi connectivity index (χ1n) is 14.4. The molecular formula is C33H29FN4O6S2. The quantitative estimate of drug-likeness (QED) is 0.213.